The number of hydrogen-bond donors (Lipinski definition) is 1. The van der Waals surface area contributed by atoms with Crippen molar-refractivity contribution in [3.63, 3.8) is 0 Å². The van der Waals surface area contributed by atoms with Crippen molar-refractivity contribution in [2.45, 2.75) is 6.42 Å². The van der Waals surface area contributed by atoms with Gasteiger partial charge in [0.05, 0.1) is 21.3 Å². The highest BCUT2D eigenvalue weighted by Crippen LogP contribution is 2.13. The van der Waals surface area contributed by atoms with E-state index in [1.807, 2.05) is 30.3 Å². The maximum Gasteiger partial charge on any atom is 0.764 e. The molecule has 0 spiro atoms. The number of para-hydroxylation sites is 1. The van der Waals surface area contributed by atoms with Crippen molar-refractivity contribution in [2.24, 2.45) is 0 Å². The van der Waals surface area contributed by atoms with Crippen LogP contribution in [0, 0.1) is 0 Å². The summed E-state index contributed by atoms with van der Waals surface area (Å²) in [5.41, 5.74) is 1.04. The first-order valence-electron chi connectivity index (χ1n) is 6.34. The van der Waals surface area contributed by atoms with E-state index in [-0.39, 0.29) is 0 Å². The summed E-state index contributed by atoms with van der Waals surface area (Å²) in [6.07, 6.45) is 0.691. The van der Waals surface area contributed by atoms with Gasteiger partial charge in [-0.1, -0.05) is 18.2 Å². The molecule has 0 amide bonds. The van der Waals surface area contributed by atoms with Crippen LogP contribution in [0.4, 0.5) is 5.69 Å². The van der Waals surface area contributed by atoms with Crippen LogP contribution in [0.5, 0.6) is 0 Å². The smallest absolute Gasteiger partial charge is 0.385 e. The zero-order valence-electron chi connectivity index (χ0n) is 12.4. The van der Waals surface area contributed by atoms with Gasteiger partial charge in [0.25, 0.3) is 0 Å². The van der Waals surface area contributed by atoms with Gasteiger partial charge >= 0.3 is 9.05 Å². The molecule has 0 aromatic heterocycles. The first-order chi connectivity index (χ1) is 10.3. The van der Waals surface area contributed by atoms with E-state index in [0.29, 0.717) is 19.6 Å². The van der Waals surface area contributed by atoms with Gasteiger partial charge in [0.2, 0.25) is 0 Å². The van der Waals surface area contributed by atoms with Gasteiger partial charge < -0.3 is 9.74 Å². The highest BCUT2D eigenvalue weighted by Gasteiger charge is 2.51. The van der Waals surface area contributed by atoms with E-state index < -0.39 is 9.05 Å². The Bertz CT molecular complexity index is 351. The minimum absolute atomic E-state index is 0.308. The molecule has 9 heteroatoms. The summed E-state index contributed by atoms with van der Waals surface area (Å²) in [5, 5.41) is 3.25. The second-order valence-corrected chi connectivity index (χ2v) is 5.53. The summed E-state index contributed by atoms with van der Waals surface area (Å²) in [5.74, 6) is 0. The van der Waals surface area contributed by atoms with E-state index in [4.69, 9.17) is 18.2 Å². The van der Waals surface area contributed by atoms with Gasteiger partial charge in [0.1, 0.15) is 0 Å². The van der Waals surface area contributed by atoms with E-state index in [0.717, 1.165) is 5.69 Å². The quantitative estimate of drug-likeness (QED) is 0.270. The molecule has 0 aliphatic heterocycles. The molecule has 0 fully saturated rings. The number of hydrogen-bond acceptors (Lipinski definition) is 8. The average molecular weight is 319 g/mol. The Balaban J connectivity index is 2.31. The van der Waals surface area contributed by atoms with Gasteiger partial charge in [-0.15, -0.1) is 0 Å². The molecule has 1 aromatic carbocycles. The first kappa shape index (κ1) is 18.0. The van der Waals surface area contributed by atoms with Crippen LogP contribution in [0.3, 0.4) is 0 Å². The number of nitrogens with one attached hydrogen (secondary N) is 1. The Morgan fingerprint density at radius 3 is 2.00 bits per heavy atom. The topological polar surface area (TPSA) is 76.6 Å². The molecule has 21 heavy (non-hydrogen) atoms. The third-order valence-corrected chi connectivity index (χ3v) is 3.93. The van der Waals surface area contributed by atoms with E-state index in [9.17, 15) is 0 Å². The predicted octanol–water partition coefficient (Wildman–Crippen LogP) is 1.67. The summed E-state index contributed by atoms with van der Waals surface area (Å²) in [4.78, 5) is 13.6. The molecule has 0 heterocycles. The van der Waals surface area contributed by atoms with Crippen molar-refractivity contribution in [2.75, 3.05) is 39.8 Å². The van der Waals surface area contributed by atoms with Crippen molar-refractivity contribution in [1.29, 1.82) is 0 Å². The zero-order valence-corrected chi connectivity index (χ0v) is 13.4. The molecule has 1 rings (SSSR count). The summed E-state index contributed by atoms with van der Waals surface area (Å²) in [6, 6.07) is 9.84. The molecule has 120 valence electrons. The van der Waals surface area contributed by atoms with Gasteiger partial charge in [0, 0.05) is 18.8 Å². The normalized spacial score (nSPS) is 11.6. The minimum atomic E-state index is -3.62. The van der Waals surface area contributed by atoms with Crippen LogP contribution in [-0.2, 0) is 32.8 Å². The highest BCUT2D eigenvalue weighted by molar-refractivity contribution is 6.52. The van der Waals surface area contributed by atoms with Crippen molar-refractivity contribution < 1.29 is 32.8 Å². The SMILES string of the molecule is COO[Si](OCCCNc1ccccc1)(OOC)OOC. The van der Waals surface area contributed by atoms with Gasteiger partial charge in [-0.2, -0.15) is 13.7 Å². The zero-order chi connectivity index (χ0) is 15.4. The predicted molar refractivity (Wildman–Crippen MR) is 75.5 cm³/mol. The van der Waals surface area contributed by atoms with E-state index >= 15 is 0 Å². The fourth-order valence-corrected chi connectivity index (χ4v) is 2.71. The molecule has 0 saturated carbocycles. The van der Waals surface area contributed by atoms with E-state index in [1.54, 1.807) is 0 Å². The molecule has 0 bridgehead atoms. The van der Waals surface area contributed by atoms with E-state index in [1.165, 1.54) is 21.3 Å². The summed E-state index contributed by atoms with van der Waals surface area (Å²) in [7, 11) is 0.298. The van der Waals surface area contributed by atoms with Crippen LogP contribution in [0.25, 0.3) is 0 Å². The average Bonchev–Trinajstić information content (AvgIpc) is 2.49. The summed E-state index contributed by atoms with van der Waals surface area (Å²) in [6.45, 7) is 1.02. The Hall–Kier alpha value is -1.04. The summed E-state index contributed by atoms with van der Waals surface area (Å²) >= 11 is 0. The minimum Gasteiger partial charge on any atom is -0.385 e. The first-order valence-corrected chi connectivity index (χ1v) is 7.98. The molecule has 0 aliphatic carbocycles. The monoisotopic (exact) mass is 319 g/mol. The molecular formula is C12H21NO7Si. The molecule has 1 N–H and O–H groups in total. The second kappa shape index (κ2) is 10.7. The molecule has 0 unspecified atom stereocenters. The standard InChI is InChI=1S/C12H21NO7Si/c1-14-18-21(19-15-2,20-16-3)17-11-7-10-13-12-8-5-4-6-9-12/h4-6,8-9,13H,7,10-11H2,1-3H3. The number of anilines is 1. The van der Waals surface area contributed by atoms with Crippen molar-refractivity contribution in [3.8, 4) is 0 Å². The van der Waals surface area contributed by atoms with Gasteiger partial charge in [-0.05, 0) is 18.6 Å². The Labute approximate surface area is 125 Å². The van der Waals surface area contributed by atoms with Gasteiger partial charge in [-0.25, -0.2) is 14.7 Å². The van der Waals surface area contributed by atoms with Crippen LogP contribution in [-0.4, -0.2) is 43.5 Å². The molecular weight excluding hydrogens is 298 g/mol. The van der Waals surface area contributed by atoms with Crippen molar-refractivity contribution >= 4 is 14.7 Å². The lowest BCUT2D eigenvalue weighted by Gasteiger charge is -2.22. The van der Waals surface area contributed by atoms with Crippen molar-refractivity contribution in [3.05, 3.63) is 30.3 Å². The lowest BCUT2D eigenvalue weighted by Crippen LogP contribution is -2.49. The molecule has 1 aromatic rings. The van der Waals surface area contributed by atoms with Crippen LogP contribution in [0.15, 0.2) is 30.3 Å². The highest BCUT2D eigenvalue weighted by atomic mass is 28.4. The number of benzene rings is 1. The van der Waals surface area contributed by atoms with E-state index in [2.05, 4.69) is 20.0 Å². The Kier molecular flexibility index (Phi) is 9.13. The lowest BCUT2D eigenvalue weighted by molar-refractivity contribution is -0.370. The van der Waals surface area contributed by atoms with Crippen LogP contribution in [0.1, 0.15) is 6.42 Å². The fraction of sp³-hybridized carbons (Fsp3) is 0.500. The Morgan fingerprint density at radius 2 is 1.48 bits per heavy atom. The Morgan fingerprint density at radius 1 is 0.905 bits per heavy atom. The van der Waals surface area contributed by atoms with Crippen molar-refractivity contribution in [1.82, 2.24) is 0 Å². The lowest BCUT2D eigenvalue weighted by atomic mass is 10.3. The molecule has 0 radical (unpaired) electrons. The largest absolute Gasteiger partial charge is 0.764 e. The maximum atomic E-state index is 5.45. The van der Waals surface area contributed by atoms with Crippen LogP contribution < -0.4 is 5.32 Å². The van der Waals surface area contributed by atoms with Crippen LogP contribution in [0.2, 0.25) is 0 Å². The molecule has 0 aliphatic rings. The number of rotatable bonds is 12. The molecule has 8 nitrogen and oxygen atoms in total. The third kappa shape index (κ3) is 6.97. The molecule has 0 saturated heterocycles. The van der Waals surface area contributed by atoms with Gasteiger partial charge in [0.15, 0.2) is 0 Å². The second-order valence-electron chi connectivity index (χ2n) is 3.74. The third-order valence-electron chi connectivity index (χ3n) is 2.26. The van der Waals surface area contributed by atoms with Gasteiger partial charge in [-0.3, -0.25) is 0 Å². The fourth-order valence-electron chi connectivity index (χ4n) is 1.48. The van der Waals surface area contributed by atoms with Crippen LogP contribution >= 0.6 is 0 Å². The summed E-state index contributed by atoms with van der Waals surface area (Å²) < 4.78 is 20.1. The maximum absolute atomic E-state index is 5.45. The molecule has 0 atom stereocenters.